The Morgan fingerprint density at radius 3 is 1.25 bits per heavy atom. The number of carbonyl (C=O) groups excluding carboxylic acids is 2. The number of amides is 1. The molecule has 0 aliphatic rings. The first-order valence-electron chi connectivity index (χ1n) is 27.4. The fourth-order valence-corrected chi connectivity index (χ4v) is 8.09. The average molecular weight is 884 g/mol. The minimum Gasteiger partial charge on any atom is -0.466 e. The topological polar surface area (TPSA) is 95.9 Å². The first-order valence-corrected chi connectivity index (χ1v) is 27.4. The van der Waals surface area contributed by atoms with Crippen molar-refractivity contribution in [1.29, 1.82) is 0 Å². The van der Waals surface area contributed by atoms with E-state index in [1.54, 1.807) is 6.08 Å². The lowest BCUT2D eigenvalue weighted by atomic mass is 10.0. The van der Waals surface area contributed by atoms with Crippen molar-refractivity contribution < 1.29 is 24.5 Å². The summed E-state index contributed by atoms with van der Waals surface area (Å²) in [6, 6.07) is -0.672. The van der Waals surface area contributed by atoms with Crippen molar-refractivity contribution in [2.45, 2.75) is 289 Å². The van der Waals surface area contributed by atoms with Crippen molar-refractivity contribution in [3.8, 4) is 0 Å². The average Bonchev–Trinajstić information content (AvgIpc) is 3.28. The highest BCUT2D eigenvalue weighted by molar-refractivity contribution is 5.76. The second kappa shape index (κ2) is 52.4. The number of hydrogen-bond donors (Lipinski definition) is 3. The van der Waals surface area contributed by atoms with Crippen molar-refractivity contribution in [2.75, 3.05) is 13.2 Å². The Bertz CT molecular complexity index is 1070. The van der Waals surface area contributed by atoms with E-state index in [0.717, 1.165) is 51.4 Å². The van der Waals surface area contributed by atoms with Gasteiger partial charge in [0, 0.05) is 12.8 Å². The van der Waals surface area contributed by atoms with Gasteiger partial charge >= 0.3 is 5.97 Å². The number of rotatable bonds is 50. The summed E-state index contributed by atoms with van der Waals surface area (Å²) < 4.78 is 5.46. The van der Waals surface area contributed by atoms with Crippen LogP contribution in [0.1, 0.15) is 277 Å². The number of esters is 1. The summed E-state index contributed by atoms with van der Waals surface area (Å²) in [7, 11) is 0. The summed E-state index contributed by atoms with van der Waals surface area (Å²) in [5.41, 5.74) is 0. The molecule has 3 N–H and O–H groups in total. The molecule has 6 nitrogen and oxygen atoms in total. The van der Waals surface area contributed by atoms with E-state index in [2.05, 4.69) is 49.5 Å². The number of ether oxygens (including phenoxy) is 1. The van der Waals surface area contributed by atoms with E-state index < -0.39 is 12.1 Å². The molecule has 6 heteroatoms. The Labute approximate surface area is 391 Å². The zero-order chi connectivity index (χ0) is 45.8. The lowest BCUT2D eigenvalue weighted by Crippen LogP contribution is -2.45. The molecular weight excluding hydrogens is 779 g/mol. The molecule has 0 heterocycles. The van der Waals surface area contributed by atoms with Crippen LogP contribution in [0.3, 0.4) is 0 Å². The predicted octanol–water partition coefficient (Wildman–Crippen LogP) is 16.6. The molecule has 0 aromatic heterocycles. The molecule has 0 saturated carbocycles. The fraction of sp³-hybridized carbons (Fsp3) is 0.825. The molecule has 0 aliphatic heterocycles. The highest BCUT2D eigenvalue weighted by Crippen LogP contribution is 2.15. The second-order valence-corrected chi connectivity index (χ2v) is 18.5. The number of allylic oxidation sites excluding steroid dienone is 7. The molecule has 368 valence electrons. The Kier molecular flexibility index (Phi) is 50.6. The molecule has 0 spiro atoms. The van der Waals surface area contributed by atoms with Crippen molar-refractivity contribution >= 4 is 11.9 Å². The molecule has 0 bridgehead atoms. The summed E-state index contributed by atoms with van der Waals surface area (Å²) in [6.07, 6.45) is 65.6. The number of carbonyl (C=O) groups is 2. The maximum absolute atomic E-state index is 12.4. The maximum Gasteiger partial charge on any atom is 0.305 e. The molecule has 0 rings (SSSR count). The normalized spacial score (nSPS) is 13.0. The molecule has 2 unspecified atom stereocenters. The first kappa shape index (κ1) is 60.8. The van der Waals surface area contributed by atoms with Crippen LogP contribution in [0.2, 0.25) is 0 Å². The maximum atomic E-state index is 12.4. The minimum absolute atomic E-state index is 0.0220. The summed E-state index contributed by atoms with van der Waals surface area (Å²) in [5.74, 6) is -0.171. The molecule has 63 heavy (non-hydrogen) atoms. The van der Waals surface area contributed by atoms with Crippen LogP contribution < -0.4 is 5.32 Å². The summed E-state index contributed by atoms with van der Waals surface area (Å²) in [5, 5.41) is 23.0. The van der Waals surface area contributed by atoms with Gasteiger partial charge in [-0.1, -0.05) is 236 Å². The van der Waals surface area contributed by atoms with Gasteiger partial charge in [0.2, 0.25) is 5.91 Å². The van der Waals surface area contributed by atoms with Crippen LogP contribution in [-0.2, 0) is 14.3 Å². The van der Waals surface area contributed by atoms with Gasteiger partial charge in [0.05, 0.1) is 25.4 Å². The molecular formula is C57H105NO5. The lowest BCUT2D eigenvalue weighted by Gasteiger charge is -2.19. The Hall–Kier alpha value is -2.18. The van der Waals surface area contributed by atoms with Crippen molar-refractivity contribution in [3.63, 3.8) is 0 Å². The van der Waals surface area contributed by atoms with Gasteiger partial charge < -0.3 is 20.3 Å². The van der Waals surface area contributed by atoms with Gasteiger partial charge in [-0.2, -0.15) is 0 Å². The molecule has 0 aromatic rings. The molecule has 0 saturated heterocycles. The van der Waals surface area contributed by atoms with Crippen molar-refractivity contribution in [3.05, 3.63) is 48.6 Å². The molecule has 0 fully saturated rings. The van der Waals surface area contributed by atoms with Gasteiger partial charge in [-0.05, 0) is 77.0 Å². The minimum atomic E-state index is -0.880. The van der Waals surface area contributed by atoms with Gasteiger partial charge in [0.15, 0.2) is 0 Å². The van der Waals surface area contributed by atoms with Crippen LogP contribution in [0.15, 0.2) is 48.6 Å². The number of nitrogens with one attached hydrogen (secondary N) is 1. The number of unbranched alkanes of at least 4 members (excludes halogenated alkanes) is 33. The van der Waals surface area contributed by atoms with Gasteiger partial charge in [0.1, 0.15) is 0 Å². The van der Waals surface area contributed by atoms with E-state index in [1.165, 1.54) is 193 Å². The van der Waals surface area contributed by atoms with E-state index >= 15 is 0 Å². The second-order valence-electron chi connectivity index (χ2n) is 18.5. The van der Waals surface area contributed by atoms with Gasteiger partial charge in [-0.3, -0.25) is 9.59 Å². The molecule has 0 radical (unpaired) electrons. The Morgan fingerprint density at radius 1 is 0.444 bits per heavy atom. The van der Waals surface area contributed by atoms with Gasteiger partial charge in [-0.15, -0.1) is 0 Å². The molecule has 0 aromatic carbocycles. The summed E-state index contributed by atoms with van der Waals surface area (Å²) >= 11 is 0. The number of aliphatic hydroxyl groups is 2. The lowest BCUT2D eigenvalue weighted by molar-refractivity contribution is -0.143. The molecule has 2 atom stereocenters. The van der Waals surface area contributed by atoms with Crippen LogP contribution in [0.5, 0.6) is 0 Å². The predicted molar refractivity (Wildman–Crippen MR) is 273 cm³/mol. The largest absolute Gasteiger partial charge is 0.466 e. The van der Waals surface area contributed by atoms with Crippen LogP contribution in [0, 0.1) is 0 Å². The third-order valence-corrected chi connectivity index (χ3v) is 12.3. The van der Waals surface area contributed by atoms with Crippen molar-refractivity contribution in [1.82, 2.24) is 5.32 Å². The monoisotopic (exact) mass is 884 g/mol. The van der Waals surface area contributed by atoms with E-state index in [4.69, 9.17) is 4.74 Å². The van der Waals surface area contributed by atoms with Crippen LogP contribution in [0.4, 0.5) is 0 Å². The quantitative estimate of drug-likeness (QED) is 0.0321. The third kappa shape index (κ3) is 49.1. The van der Waals surface area contributed by atoms with Crippen LogP contribution >= 0.6 is 0 Å². The number of aliphatic hydroxyl groups excluding tert-OH is 2. The smallest absolute Gasteiger partial charge is 0.305 e. The Morgan fingerprint density at radius 2 is 0.810 bits per heavy atom. The van der Waals surface area contributed by atoms with Gasteiger partial charge in [-0.25, -0.2) is 0 Å². The standard InChI is InChI=1S/C57H105NO5/c1-3-5-7-9-11-13-15-17-19-20-21-23-27-31-35-39-43-47-51-57(62)63-52-48-44-40-36-32-28-24-26-30-34-38-42-46-50-56(61)58-54(53-59)55(60)49-45-41-37-33-29-25-22-18-16-14-12-10-8-6-4-2/h19-20,26,30,38,42,45,49,54-55,59-60H,3-18,21-25,27-29,31-37,39-41,43-44,46-48,50-53H2,1-2H3,(H,58,61)/b20-19-,30-26-,42-38-,49-45+. The van der Waals surface area contributed by atoms with Crippen molar-refractivity contribution in [2.24, 2.45) is 0 Å². The number of hydrogen-bond acceptors (Lipinski definition) is 5. The van der Waals surface area contributed by atoms with E-state index in [1.807, 2.05) is 12.2 Å². The van der Waals surface area contributed by atoms with E-state index in [-0.39, 0.29) is 18.5 Å². The molecule has 0 aliphatic carbocycles. The van der Waals surface area contributed by atoms with E-state index in [0.29, 0.717) is 25.9 Å². The summed E-state index contributed by atoms with van der Waals surface area (Å²) in [4.78, 5) is 24.5. The SMILES string of the molecule is CCCCCCCCC/C=C\CCCCCCCCCC(=O)OCCCCCCCC/C=C\C/C=C\CCC(=O)NC(CO)C(O)/C=C/CCCCCCCCCCCCCCC. The summed E-state index contributed by atoms with van der Waals surface area (Å²) in [6.45, 7) is 4.83. The zero-order valence-electron chi connectivity index (χ0n) is 41.8. The fourth-order valence-electron chi connectivity index (χ4n) is 8.09. The highest BCUT2D eigenvalue weighted by Gasteiger charge is 2.17. The Balaban J connectivity index is 3.57. The third-order valence-electron chi connectivity index (χ3n) is 12.3. The van der Waals surface area contributed by atoms with Crippen LogP contribution in [0.25, 0.3) is 0 Å². The zero-order valence-corrected chi connectivity index (χ0v) is 41.8. The first-order chi connectivity index (χ1) is 31.0. The highest BCUT2D eigenvalue weighted by atomic mass is 16.5. The van der Waals surface area contributed by atoms with Gasteiger partial charge in [0.25, 0.3) is 0 Å². The van der Waals surface area contributed by atoms with E-state index in [9.17, 15) is 19.8 Å². The molecule has 1 amide bonds. The van der Waals surface area contributed by atoms with Crippen LogP contribution in [-0.4, -0.2) is 47.4 Å².